The second-order valence-corrected chi connectivity index (χ2v) is 7.43. The van der Waals surface area contributed by atoms with Crippen molar-refractivity contribution in [3.63, 3.8) is 0 Å². The molecule has 0 fully saturated rings. The lowest BCUT2D eigenvalue weighted by molar-refractivity contribution is 0.515. The highest BCUT2D eigenvalue weighted by Gasteiger charge is 2.28. The van der Waals surface area contributed by atoms with Gasteiger partial charge in [0.1, 0.15) is 10.7 Å². The zero-order chi connectivity index (χ0) is 17.2. The monoisotopic (exact) mass is 339 g/mol. The first-order valence-electron chi connectivity index (χ1n) is 7.66. The molecule has 0 spiro atoms. The lowest BCUT2D eigenvalue weighted by Crippen LogP contribution is -2.24. The van der Waals surface area contributed by atoms with Gasteiger partial charge in [-0.05, 0) is 44.0 Å². The molecule has 0 saturated heterocycles. The summed E-state index contributed by atoms with van der Waals surface area (Å²) in [6.07, 6.45) is 1.02. The first-order chi connectivity index (χ1) is 10.8. The van der Waals surface area contributed by atoms with Gasteiger partial charge in [-0.15, -0.1) is 0 Å². The van der Waals surface area contributed by atoms with Gasteiger partial charge in [-0.2, -0.15) is 5.10 Å². The van der Waals surface area contributed by atoms with Crippen LogP contribution in [0.5, 0.6) is 0 Å². The molecular weight excluding hydrogens is 317 g/mol. The second-order valence-electron chi connectivity index (χ2n) is 5.55. The largest absolute Gasteiger partial charge is 0.326 e. The molecule has 1 atom stereocenters. The van der Waals surface area contributed by atoms with Gasteiger partial charge in [-0.3, -0.25) is 4.68 Å². The van der Waals surface area contributed by atoms with E-state index in [9.17, 15) is 12.8 Å². The molecule has 0 unspecified atom stereocenters. The predicted octanol–water partition coefficient (Wildman–Crippen LogP) is 2.33. The molecule has 2 rings (SSSR count). The lowest BCUT2D eigenvalue weighted by atomic mass is 10.2. The number of sulfone groups is 1. The highest BCUT2D eigenvalue weighted by Crippen LogP contribution is 2.28. The van der Waals surface area contributed by atoms with Crippen LogP contribution in [-0.2, 0) is 29.2 Å². The summed E-state index contributed by atoms with van der Waals surface area (Å²) in [7, 11) is -3.75. The second kappa shape index (κ2) is 6.80. The Bertz CT molecular complexity index is 780. The van der Waals surface area contributed by atoms with Gasteiger partial charge < -0.3 is 5.73 Å². The Labute approximate surface area is 136 Å². The highest BCUT2D eigenvalue weighted by atomic mass is 32.2. The zero-order valence-electron chi connectivity index (χ0n) is 13.6. The van der Waals surface area contributed by atoms with Gasteiger partial charge in [0.2, 0.25) is 9.84 Å². The number of nitrogens with two attached hydrogens (primary N) is 1. The number of benzene rings is 1. The van der Waals surface area contributed by atoms with Crippen molar-refractivity contribution in [3.8, 4) is 0 Å². The smallest absolute Gasteiger partial charge is 0.210 e. The number of nitrogens with zero attached hydrogens (tertiary/aromatic N) is 2. The fourth-order valence-corrected chi connectivity index (χ4v) is 4.36. The van der Waals surface area contributed by atoms with Crippen LogP contribution in [-0.4, -0.2) is 24.2 Å². The summed E-state index contributed by atoms with van der Waals surface area (Å²) in [6.45, 7) is 6.05. The molecule has 0 saturated carbocycles. The van der Waals surface area contributed by atoms with Crippen LogP contribution in [0.1, 0.15) is 32.2 Å². The molecule has 0 bridgehead atoms. The molecule has 0 radical (unpaired) electrons. The van der Waals surface area contributed by atoms with Crippen molar-refractivity contribution >= 4 is 9.84 Å². The molecule has 23 heavy (non-hydrogen) atoms. The number of aryl methyl sites for hydroxylation is 1. The Kier molecular flexibility index (Phi) is 5.21. The lowest BCUT2D eigenvalue weighted by Gasteiger charge is -2.10. The predicted molar refractivity (Wildman–Crippen MR) is 86.5 cm³/mol. The van der Waals surface area contributed by atoms with Crippen LogP contribution in [0, 0.1) is 5.82 Å². The number of halogens is 1. The Morgan fingerprint density at radius 2 is 1.83 bits per heavy atom. The van der Waals surface area contributed by atoms with Crippen molar-refractivity contribution in [2.24, 2.45) is 5.73 Å². The highest BCUT2D eigenvalue weighted by molar-refractivity contribution is 7.91. The molecule has 1 aromatic heterocycles. The normalized spacial score (nSPS) is 13.3. The van der Waals surface area contributed by atoms with Crippen LogP contribution in [0.4, 0.5) is 4.39 Å². The van der Waals surface area contributed by atoms with Crippen molar-refractivity contribution in [1.82, 2.24) is 9.78 Å². The summed E-state index contributed by atoms with van der Waals surface area (Å²) in [5, 5.41) is 4.43. The van der Waals surface area contributed by atoms with E-state index >= 15 is 0 Å². The number of hydrogen-bond acceptors (Lipinski definition) is 4. The first kappa shape index (κ1) is 17.6. The van der Waals surface area contributed by atoms with Gasteiger partial charge in [0.05, 0.1) is 22.8 Å². The summed E-state index contributed by atoms with van der Waals surface area (Å²) in [5.41, 5.74) is 7.00. The fraction of sp³-hybridized carbons (Fsp3) is 0.438. The minimum atomic E-state index is -3.75. The fourth-order valence-electron chi connectivity index (χ4n) is 2.58. The standard InChI is InChI=1S/C16H22FN3O2S/c1-4-14-16(15(5-2)20(19-14)10-11(3)18)23(21,22)13-8-6-12(17)7-9-13/h6-9,11H,4-5,10,18H2,1-3H3/t11-/m0/s1. The van der Waals surface area contributed by atoms with E-state index in [1.165, 1.54) is 12.1 Å². The van der Waals surface area contributed by atoms with Gasteiger partial charge in [0.25, 0.3) is 0 Å². The number of aromatic nitrogens is 2. The van der Waals surface area contributed by atoms with E-state index in [1.54, 1.807) is 4.68 Å². The third-order valence-electron chi connectivity index (χ3n) is 3.60. The summed E-state index contributed by atoms with van der Waals surface area (Å²) >= 11 is 0. The van der Waals surface area contributed by atoms with Crippen LogP contribution in [0.15, 0.2) is 34.1 Å². The van der Waals surface area contributed by atoms with E-state index in [0.29, 0.717) is 30.8 Å². The molecule has 0 aliphatic heterocycles. The Morgan fingerprint density at radius 3 is 2.30 bits per heavy atom. The molecule has 7 heteroatoms. The molecule has 2 N–H and O–H groups in total. The van der Waals surface area contributed by atoms with Crippen molar-refractivity contribution in [2.75, 3.05) is 0 Å². The Hall–Kier alpha value is -1.73. The zero-order valence-corrected chi connectivity index (χ0v) is 14.4. The first-order valence-corrected chi connectivity index (χ1v) is 9.14. The maximum Gasteiger partial charge on any atom is 0.210 e. The van der Waals surface area contributed by atoms with E-state index in [-0.39, 0.29) is 15.8 Å². The molecule has 0 amide bonds. The molecule has 1 aromatic carbocycles. The van der Waals surface area contributed by atoms with E-state index in [2.05, 4.69) is 5.10 Å². The molecule has 126 valence electrons. The van der Waals surface area contributed by atoms with E-state index < -0.39 is 15.7 Å². The van der Waals surface area contributed by atoms with Crippen LogP contribution >= 0.6 is 0 Å². The Balaban J connectivity index is 2.65. The molecule has 0 aliphatic carbocycles. The summed E-state index contributed by atoms with van der Waals surface area (Å²) in [4.78, 5) is 0.304. The van der Waals surface area contributed by atoms with Gasteiger partial charge in [-0.25, -0.2) is 12.8 Å². The van der Waals surface area contributed by atoms with Crippen LogP contribution < -0.4 is 5.73 Å². The van der Waals surface area contributed by atoms with Crippen molar-refractivity contribution in [2.45, 2.75) is 56.0 Å². The summed E-state index contributed by atoms with van der Waals surface area (Å²) in [6, 6.07) is 4.73. The third kappa shape index (κ3) is 3.45. The van der Waals surface area contributed by atoms with Crippen LogP contribution in [0.2, 0.25) is 0 Å². The molecule has 1 heterocycles. The van der Waals surface area contributed by atoms with Gasteiger partial charge in [0.15, 0.2) is 0 Å². The van der Waals surface area contributed by atoms with Crippen molar-refractivity contribution in [3.05, 3.63) is 41.5 Å². The van der Waals surface area contributed by atoms with Crippen LogP contribution in [0.25, 0.3) is 0 Å². The van der Waals surface area contributed by atoms with Gasteiger partial charge >= 0.3 is 0 Å². The van der Waals surface area contributed by atoms with Gasteiger partial charge in [0, 0.05) is 6.04 Å². The molecule has 2 aromatic rings. The van der Waals surface area contributed by atoms with E-state index in [0.717, 1.165) is 12.1 Å². The molecule has 5 nitrogen and oxygen atoms in total. The van der Waals surface area contributed by atoms with Crippen molar-refractivity contribution < 1.29 is 12.8 Å². The van der Waals surface area contributed by atoms with Crippen molar-refractivity contribution in [1.29, 1.82) is 0 Å². The maximum atomic E-state index is 13.1. The SMILES string of the molecule is CCc1nn(C[C@H](C)N)c(CC)c1S(=O)(=O)c1ccc(F)cc1. The topological polar surface area (TPSA) is 78.0 Å². The minimum absolute atomic E-state index is 0.0728. The average molecular weight is 339 g/mol. The molecular formula is C16H22FN3O2S. The quantitative estimate of drug-likeness (QED) is 0.819. The minimum Gasteiger partial charge on any atom is -0.326 e. The van der Waals surface area contributed by atoms with E-state index in [1.807, 2.05) is 20.8 Å². The number of hydrogen-bond donors (Lipinski definition) is 1. The van der Waals surface area contributed by atoms with Gasteiger partial charge in [-0.1, -0.05) is 13.8 Å². The van der Waals surface area contributed by atoms with E-state index in [4.69, 9.17) is 5.73 Å². The third-order valence-corrected chi connectivity index (χ3v) is 5.50. The van der Waals surface area contributed by atoms with Crippen LogP contribution in [0.3, 0.4) is 0 Å². The summed E-state index contributed by atoms with van der Waals surface area (Å²) in [5.74, 6) is -0.469. The summed E-state index contributed by atoms with van der Waals surface area (Å²) < 4.78 is 40.8. The Morgan fingerprint density at radius 1 is 1.22 bits per heavy atom. The average Bonchev–Trinajstić information content (AvgIpc) is 2.85. The number of rotatable bonds is 6. The molecule has 0 aliphatic rings. The maximum absolute atomic E-state index is 13.1.